The monoisotopic (exact) mass is 199 g/mol. The maximum atomic E-state index is 10.4. The van der Waals surface area contributed by atoms with Gasteiger partial charge in [0.2, 0.25) is 0 Å². The van der Waals surface area contributed by atoms with Gasteiger partial charge in [-0.25, -0.2) is 0 Å². The molecular formula is C11H21NO2. The molecule has 1 atom stereocenters. The molecule has 0 aromatic heterocycles. The highest BCUT2D eigenvalue weighted by Gasteiger charge is 2.23. The SMILES string of the molecule is CNC(CCCC(=O)O)C1CCCC1. The van der Waals surface area contributed by atoms with Crippen molar-refractivity contribution in [1.82, 2.24) is 5.32 Å². The van der Waals surface area contributed by atoms with Crippen LogP contribution >= 0.6 is 0 Å². The Kier molecular flexibility index (Phi) is 4.94. The predicted octanol–water partition coefficient (Wildman–Crippen LogP) is 2.02. The first-order chi connectivity index (χ1) is 6.74. The van der Waals surface area contributed by atoms with Crippen molar-refractivity contribution in [3.63, 3.8) is 0 Å². The molecule has 2 N–H and O–H groups in total. The first-order valence-electron chi connectivity index (χ1n) is 5.63. The predicted molar refractivity (Wildman–Crippen MR) is 56.3 cm³/mol. The summed E-state index contributed by atoms with van der Waals surface area (Å²) in [5.74, 6) is 0.111. The zero-order valence-corrected chi connectivity index (χ0v) is 8.96. The Morgan fingerprint density at radius 3 is 2.64 bits per heavy atom. The molecule has 0 spiro atoms. The summed E-state index contributed by atoms with van der Waals surface area (Å²) in [7, 11) is 1.99. The second kappa shape index (κ2) is 6.02. The molecule has 3 nitrogen and oxygen atoms in total. The van der Waals surface area contributed by atoms with Crippen molar-refractivity contribution in [3.05, 3.63) is 0 Å². The number of carboxylic acid groups (broad SMARTS) is 1. The van der Waals surface area contributed by atoms with Crippen LogP contribution in [0, 0.1) is 5.92 Å². The molecule has 1 aliphatic rings. The molecule has 3 heteroatoms. The fourth-order valence-electron chi connectivity index (χ4n) is 2.45. The van der Waals surface area contributed by atoms with E-state index >= 15 is 0 Å². The summed E-state index contributed by atoms with van der Waals surface area (Å²) < 4.78 is 0. The molecule has 14 heavy (non-hydrogen) atoms. The summed E-state index contributed by atoms with van der Waals surface area (Å²) in [6.07, 6.45) is 7.45. The maximum Gasteiger partial charge on any atom is 0.303 e. The van der Waals surface area contributed by atoms with Crippen LogP contribution in [-0.2, 0) is 4.79 Å². The van der Waals surface area contributed by atoms with Gasteiger partial charge in [-0.3, -0.25) is 4.79 Å². The Morgan fingerprint density at radius 1 is 1.50 bits per heavy atom. The van der Waals surface area contributed by atoms with Crippen LogP contribution in [0.2, 0.25) is 0 Å². The van der Waals surface area contributed by atoms with E-state index in [2.05, 4.69) is 5.32 Å². The average molecular weight is 199 g/mol. The third kappa shape index (κ3) is 3.66. The summed E-state index contributed by atoms with van der Waals surface area (Å²) in [5, 5.41) is 11.9. The van der Waals surface area contributed by atoms with E-state index in [1.165, 1.54) is 25.7 Å². The molecule has 0 bridgehead atoms. The van der Waals surface area contributed by atoms with Crippen molar-refractivity contribution >= 4 is 5.97 Å². The number of nitrogens with one attached hydrogen (secondary N) is 1. The van der Waals surface area contributed by atoms with E-state index in [-0.39, 0.29) is 0 Å². The van der Waals surface area contributed by atoms with E-state index < -0.39 is 5.97 Å². The molecule has 0 saturated heterocycles. The number of carbonyl (C=O) groups is 1. The lowest BCUT2D eigenvalue weighted by molar-refractivity contribution is -0.137. The van der Waals surface area contributed by atoms with Gasteiger partial charge < -0.3 is 10.4 Å². The zero-order chi connectivity index (χ0) is 10.4. The van der Waals surface area contributed by atoms with E-state index in [1.807, 2.05) is 7.05 Å². The van der Waals surface area contributed by atoms with Gasteiger partial charge >= 0.3 is 5.97 Å². The quantitative estimate of drug-likeness (QED) is 0.688. The normalized spacial score (nSPS) is 19.8. The summed E-state index contributed by atoms with van der Waals surface area (Å²) in [4.78, 5) is 10.4. The molecule has 0 amide bonds. The van der Waals surface area contributed by atoms with E-state index in [0.29, 0.717) is 12.5 Å². The Morgan fingerprint density at radius 2 is 2.14 bits per heavy atom. The molecule has 82 valence electrons. The number of aliphatic carboxylic acids is 1. The molecule has 1 saturated carbocycles. The smallest absolute Gasteiger partial charge is 0.303 e. The number of rotatable bonds is 6. The van der Waals surface area contributed by atoms with Crippen molar-refractivity contribution in [2.45, 2.75) is 51.0 Å². The first kappa shape index (κ1) is 11.5. The lowest BCUT2D eigenvalue weighted by Crippen LogP contribution is -2.32. The van der Waals surface area contributed by atoms with Crippen LogP contribution in [0.15, 0.2) is 0 Å². The van der Waals surface area contributed by atoms with Gasteiger partial charge in [0.05, 0.1) is 0 Å². The largest absolute Gasteiger partial charge is 0.481 e. The third-order valence-corrected chi connectivity index (χ3v) is 3.25. The number of hydrogen-bond donors (Lipinski definition) is 2. The summed E-state index contributed by atoms with van der Waals surface area (Å²) in [5.41, 5.74) is 0. The second-order valence-electron chi connectivity index (χ2n) is 4.23. The minimum absolute atomic E-state index is 0.310. The second-order valence-corrected chi connectivity index (χ2v) is 4.23. The van der Waals surface area contributed by atoms with Crippen molar-refractivity contribution in [2.75, 3.05) is 7.05 Å². The van der Waals surface area contributed by atoms with Gasteiger partial charge in [-0.1, -0.05) is 12.8 Å². The number of carboxylic acids is 1. The molecule has 0 aliphatic heterocycles. The van der Waals surface area contributed by atoms with Crippen LogP contribution < -0.4 is 5.32 Å². The van der Waals surface area contributed by atoms with Gasteiger partial charge in [0.25, 0.3) is 0 Å². The Labute approximate surface area is 85.9 Å². The van der Waals surface area contributed by atoms with Gasteiger partial charge in [-0.15, -0.1) is 0 Å². The maximum absolute atomic E-state index is 10.4. The van der Waals surface area contributed by atoms with Gasteiger partial charge in [-0.05, 0) is 38.6 Å². The molecule has 1 aliphatic carbocycles. The highest BCUT2D eigenvalue weighted by molar-refractivity contribution is 5.66. The Balaban J connectivity index is 2.20. The Hall–Kier alpha value is -0.570. The van der Waals surface area contributed by atoms with Crippen molar-refractivity contribution < 1.29 is 9.90 Å². The van der Waals surface area contributed by atoms with E-state index in [1.54, 1.807) is 0 Å². The van der Waals surface area contributed by atoms with Gasteiger partial charge in [0, 0.05) is 12.5 Å². The zero-order valence-electron chi connectivity index (χ0n) is 8.96. The van der Waals surface area contributed by atoms with Crippen molar-refractivity contribution in [1.29, 1.82) is 0 Å². The fraction of sp³-hybridized carbons (Fsp3) is 0.909. The topological polar surface area (TPSA) is 49.3 Å². The molecule has 0 aromatic carbocycles. The first-order valence-corrected chi connectivity index (χ1v) is 5.63. The summed E-state index contributed by atoms with van der Waals surface area (Å²) in [6.45, 7) is 0. The molecule has 0 heterocycles. The van der Waals surface area contributed by atoms with Crippen LogP contribution in [-0.4, -0.2) is 24.2 Å². The highest BCUT2D eigenvalue weighted by Crippen LogP contribution is 2.29. The molecule has 1 rings (SSSR count). The summed E-state index contributed by atoms with van der Waals surface area (Å²) >= 11 is 0. The van der Waals surface area contributed by atoms with E-state index in [4.69, 9.17) is 5.11 Å². The van der Waals surface area contributed by atoms with E-state index in [9.17, 15) is 4.79 Å². The van der Waals surface area contributed by atoms with Crippen molar-refractivity contribution in [3.8, 4) is 0 Å². The van der Waals surface area contributed by atoms with Crippen molar-refractivity contribution in [2.24, 2.45) is 5.92 Å². The molecule has 1 unspecified atom stereocenters. The minimum Gasteiger partial charge on any atom is -0.481 e. The lowest BCUT2D eigenvalue weighted by atomic mass is 9.94. The van der Waals surface area contributed by atoms with Crippen LogP contribution in [0.25, 0.3) is 0 Å². The highest BCUT2D eigenvalue weighted by atomic mass is 16.4. The van der Waals surface area contributed by atoms with Gasteiger partial charge in [-0.2, -0.15) is 0 Å². The molecule has 0 aromatic rings. The molecule has 0 radical (unpaired) electrons. The van der Waals surface area contributed by atoms with Gasteiger partial charge in [0.15, 0.2) is 0 Å². The third-order valence-electron chi connectivity index (χ3n) is 3.25. The summed E-state index contributed by atoms with van der Waals surface area (Å²) in [6, 6.07) is 0.539. The van der Waals surface area contributed by atoms with Gasteiger partial charge in [0.1, 0.15) is 0 Å². The van der Waals surface area contributed by atoms with Crippen LogP contribution in [0.1, 0.15) is 44.9 Å². The van der Waals surface area contributed by atoms with Crippen LogP contribution in [0.5, 0.6) is 0 Å². The molecular weight excluding hydrogens is 178 g/mol. The average Bonchev–Trinajstić information content (AvgIpc) is 2.64. The van der Waals surface area contributed by atoms with E-state index in [0.717, 1.165) is 18.8 Å². The minimum atomic E-state index is -0.675. The standard InChI is InChI=1S/C11H21NO2/c1-12-10(7-4-8-11(13)14)9-5-2-3-6-9/h9-10,12H,2-8H2,1H3,(H,13,14). The van der Waals surface area contributed by atoms with Crippen LogP contribution in [0.4, 0.5) is 0 Å². The Bertz CT molecular complexity index is 176. The fourth-order valence-corrected chi connectivity index (χ4v) is 2.45. The number of hydrogen-bond acceptors (Lipinski definition) is 2. The molecule has 1 fully saturated rings. The lowest BCUT2D eigenvalue weighted by Gasteiger charge is -2.22. The van der Waals surface area contributed by atoms with Crippen LogP contribution in [0.3, 0.4) is 0 Å².